The summed E-state index contributed by atoms with van der Waals surface area (Å²) in [5.41, 5.74) is 0. The molecule has 1 unspecified atom stereocenters. The van der Waals surface area contributed by atoms with Crippen molar-refractivity contribution in [2.24, 2.45) is 0 Å². The number of sulfone groups is 1. The number of sulfonamides is 1. The van der Waals surface area contributed by atoms with Crippen LogP contribution < -0.4 is 9.46 Å². The van der Waals surface area contributed by atoms with Gasteiger partial charge in [0.1, 0.15) is 11.1 Å². The molecule has 0 radical (unpaired) electrons. The highest BCUT2D eigenvalue weighted by Gasteiger charge is 2.31. The van der Waals surface area contributed by atoms with E-state index in [0.717, 1.165) is 53.8 Å². The van der Waals surface area contributed by atoms with Crippen molar-refractivity contribution in [2.75, 3.05) is 13.7 Å². The third-order valence-electron chi connectivity index (χ3n) is 4.27. The monoisotopic (exact) mass is 473 g/mol. The molecule has 0 aliphatic heterocycles. The van der Waals surface area contributed by atoms with Crippen molar-refractivity contribution in [3.05, 3.63) is 76.5 Å². The molecule has 0 bridgehead atoms. The standard InChI is InChI=1S/C19H17F2NO5S3/c1-27-17-9-8-15(11-16(17)21)30(25,26)22-12-19(18-3-2-10-28-18)29(23,24)14-6-4-13(20)5-7-14/h2-11,19,22H,12H2,1H3. The smallest absolute Gasteiger partial charge is 0.240 e. The summed E-state index contributed by atoms with van der Waals surface area (Å²) in [7, 11) is -7.00. The highest BCUT2D eigenvalue weighted by Crippen LogP contribution is 2.32. The predicted octanol–water partition coefficient (Wildman–Crippen LogP) is 3.53. The molecule has 11 heteroatoms. The first kappa shape index (κ1) is 22.3. The van der Waals surface area contributed by atoms with Gasteiger partial charge in [-0.25, -0.2) is 30.3 Å². The molecule has 0 aliphatic carbocycles. The number of rotatable bonds is 8. The second-order valence-corrected chi connectivity index (χ2v) is 11.0. The van der Waals surface area contributed by atoms with Crippen molar-refractivity contribution in [2.45, 2.75) is 15.0 Å². The van der Waals surface area contributed by atoms with E-state index in [-0.39, 0.29) is 15.5 Å². The first-order valence-electron chi connectivity index (χ1n) is 8.51. The maximum atomic E-state index is 13.9. The molecule has 0 amide bonds. The van der Waals surface area contributed by atoms with Crippen molar-refractivity contribution in [3.63, 3.8) is 0 Å². The summed E-state index contributed by atoms with van der Waals surface area (Å²) in [6.45, 7) is -0.490. The summed E-state index contributed by atoms with van der Waals surface area (Å²) in [5, 5.41) is 0.413. The lowest BCUT2D eigenvalue weighted by atomic mass is 10.3. The molecule has 0 fully saturated rings. The zero-order valence-corrected chi connectivity index (χ0v) is 18.0. The molecule has 0 aliphatic rings. The Morgan fingerprint density at radius 2 is 1.67 bits per heavy atom. The van der Waals surface area contributed by atoms with E-state index in [1.54, 1.807) is 17.5 Å². The average molecular weight is 474 g/mol. The van der Waals surface area contributed by atoms with Gasteiger partial charge in [0, 0.05) is 11.4 Å². The Hall–Kier alpha value is -2.34. The SMILES string of the molecule is COc1ccc(S(=O)(=O)NCC(c2cccs2)S(=O)(=O)c2ccc(F)cc2)cc1F. The molecule has 0 spiro atoms. The third-order valence-corrected chi connectivity index (χ3v) is 8.92. The fourth-order valence-corrected chi connectivity index (χ4v) is 6.66. The van der Waals surface area contributed by atoms with E-state index in [4.69, 9.17) is 4.74 Å². The topological polar surface area (TPSA) is 89.5 Å². The summed E-state index contributed by atoms with van der Waals surface area (Å²) in [6.07, 6.45) is 0. The van der Waals surface area contributed by atoms with Crippen LogP contribution in [0.15, 0.2) is 69.8 Å². The molecule has 1 N–H and O–H groups in total. The van der Waals surface area contributed by atoms with Crippen LogP contribution in [0.4, 0.5) is 8.78 Å². The number of methoxy groups -OCH3 is 1. The highest BCUT2D eigenvalue weighted by atomic mass is 32.2. The molecule has 1 atom stereocenters. The Morgan fingerprint density at radius 3 is 2.23 bits per heavy atom. The van der Waals surface area contributed by atoms with Crippen LogP contribution in [-0.4, -0.2) is 30.5 Å². The van der Waals surface area contributed by atoms with E-state index in [2.05, 4.69) is 4.72 Å². The summed E-state index contributed by atoms with van der Waals surface area (Å²) < 4.78 is 85.5. The third kappa shape index (κ3) is 4.69. The van der Waals surface area contributed by atoms with Crippen molar-refractivity contribution in [1.29, 1.82) is 0 Å². The molecule has 2 aromatic carbocycles. The minimum Gasteiger partial charge on any atom is -0.494 e. The Balaban J connectivity index is 1.91. The summed E-state index contributed by atoms with van der Waals surface area (Å²) in [4.78, 5) is -0.107. The van der Waals surface area contributed by atoms with E-state index < -0.39 is 43.3 Å². The molecule has 1 aromatic heterocycles. The number of nitrogens with one attached hydrogen (secondary N) is 1. The van der Waals surface area contributed by atoms with Crippen molar-refractivity contribution in [1.82, 2.24) is 4.72 Å². The van der Waals surface area contributed by atoms with Crippen LogP contribution >= 0.6 is 11.3 Å². The van der Waals surface area contributed by atoms with Crippen LogP contribution in [0.2, 0.25) is 0 Å². The number of hydrogen-bond acceptors (Lipinski definition) is 6. The van der Waals surface area contributed by atoms with Crippen LogP contribution in [0, 0.1) is 11.6 Å². The number of thiophene rings is 1. The first-order chi connectivity index (χ1) is 14.1. The molecular formula is C19H17F2NO5S3. The van der Waals surface area contributed by atoms with Crippen LogP contribution in [0.5, 0.6) is 5.75 Å². The molecule has 3 aromatic rings. The van der Waals surface area contributed by atoms with E-state index in [1.807, 2.05) is 0 Å². The number of ether oxygens (including phenoxy) is 1. The van der Waals surface area contributed by atoms with Gasteiger partial charge in [-0.1, -0.05) is 6.07 Å². The quantitative estimate of drug-likeness (QED) is 0.506. The number of hydrogen-bond donors (Lipinski definition) is 1. The lowest BCUT2D eigenvalue weighted by Gasteiger charge is -2.18. The Kier molecular flexibility index (Phi) is 6.56. The average Bonchev–Trinajstić information content (AvgIpc) is 3.22. The van der Waals surface area contributed by atoms with Gasteiger partial charge in [-0.2, -0.15) is 0 Å². The van der Waals surface area contributed by atoms with Gasteiger partial charge < -0.3 is 4.74 Å². The Bertz CT molecular complexity index is 1230. The van der Waals surface area contributed by atoms with E-state index in [0.29, 0.717) is 4.88 Å². The molecule has 3 rings (SSSR count). The van der Waals surface area contributed by atoms with Crippen LogP contribution in [-0.2, 0) is 19.9 Å². The van der Waals surface area contributed by atoms with Crippen LogP contribution in [0.1, 0.15) is 10.1 Å². The normalized spacial score (nSPS) is 13.2. The molecule has 160 valence electrons. The lowest BCUT2D eigenvalue weighted by molar-refractivity contribution is 0.385. The zero-order chi connectivity index (χ0) is 21.9. The Morgan fingerprint density at radius 1 is 1.00 bits per heavy atom. The van der Waals surface area contributed by atoms with Gasteiger partial charge in [-0.05, 0) is 53.9 Å². The number of halogens is 2. The molecule has 0 saturated heterocycles. The van der Waals surface area contributed by atoms with Gasteiger partial charge in [0.2, 0.25) is 10.0 Å². The van der Waals surface area contributed by atoms with Gasteiger partial charge in [0.05, 0.1) is 16.9 Å². The first-order valence-corrected chi connectivity index (χ1v) is 12.4. The van der Waals surface area contributed by atoms with Gasteiger partial charge in [0.25, 0.3) is 0 Å². The van der Waals surface area contributed by atoms with Gasteiger partial charge in [-0.15, -0.1) is 11.3 Å². The minimum atomic E-state index is -4.21. The van der Waals surface area contributed by atoms with Gasteiger partial charge >= 0.3 is 0 Å². The van der Waals surface area contributed by atoms with Gasteiger partial charge in [0.15, 0.2) is 21.4 Å². The zero-order valence-electron chi connectivity index (χ0n) is 15.6. The minimum absolute atomic E-state index is 0.121. The maximum Gasteiger partial charge on any atom is 0.240 e. The summed E-state index contributed by atoms with van der Waals surface area (Å²) in [5.74, 6) is -1.58. The van der Waals surface area contributed by atoms with Crippen molar-refractivity contribution in [3.8, 4) is 5.75 Å². The maximum absolute atomic E-state index is 13.9. The Labute approximate surface area is 177 Å². The van der Waals surface area contributed by atoms with E-state index >= 15 is 0 Å². The largest absolute Gasteiger partial charge is 0.494 e. The van der Waals surface area contributed by atoms with E-state index in [9.17, 15) is 25.6 Å². The molecule has 0 saturated carbocycles. The summed E-state index contributed by atoms with van der Waals surface area (Å²) >= 11 is 1.14. The molecule has 1 heterocycles. The summed E-state index contributed by atoms with van der Waals surface area (Å²) in [6, 6.07) is 10.6. The van der Waals surface area contributed by atoms with Crippen LogP contribution in [0.25, 0.3) is 0 Å². The highest BCUT2D eigenvalue weighted by molar-refractivity contribution is 7.92. The fraction of sp³-hybridized carbons (Fsp3) is 0.158. The molecule has 30 heavy (non-hydrogen) atoms. The van der Waals surface area contributed by atoms with Crippen molar-refractivity contribution < 1.29 is 30.4 Å². The van der Waals surface area contributed by atoms with Gasteiger partial charge in [-0.3, -0.25) is 0 Å². The van der Waals surface area contributed by atoms with E-state index in [1.165, 1.54) is 7.11 Å². The lowest BCUT2D eigenvalue weighted by Crippen LogP contribution is -2.31. The molecule has 6 nitrogen and oxygen atoms in total. The predicted molar refractivity (Wildman–Crippen MR) is 109 cm³/mol. The van der Waals surface area contributed by atoms with Crippen LogP contribution in [0.3, 0.4) is 0 Å². The number of benzene rings is 2. The second-order valence-electron chi connectivity index (χ2n) is 6.15. The molecular weight excluding hydrogens is 456 g/mol. The fourth-order valence-electron chi connectivity index (χ4n) is 2.71. The second kappa shape index (κ2) is 8.80. The van der Waals surface area contributed by atoms with Crippen molar-refractivity contribution >= 4 is 31.2 Å².